The summed E-state index contributed by atoms with van der Waals surface area (Å²) in [6, 6.07) is 3.17. The summed E-state index contributed by atoms with van der Waals surface area (Å²) in [6.07, 6.45) is 0. The molecule has 1 fully saturated rings. The number of carboxylic acid groups (broad SMARTS) is 1. The van der Waals surface area contributed by atoms with Crippen molar-refractivity contribution in [3.05, 3.63) is 29.6 Å². The van der Waals surface area contributed by atoms with Crippen LogP contribution in [0.5, 0.6) is 0 Å². The average molecular weight is 340 g/mol. The van der Waals surface area contributed by atoms with Crippen LogP contribution in [0.4, 0.5) is 0 Å². The Morgan fingerprint density at radius 2 is 2.35 bits per heavy atom. The van der Waals surface area contributed by atoms with E-state index in [-0.39, 0.29) is 25.7 Å². The first-order valence-corrected chi connectivity index (χ1v) is 8.68. The molecule has 1 aliphatic heterocycles. The van der Waals surface area contributed by atoms with Crippen LogP contribution in [0.25, 0.3) is 0 Å². The minimum absolute atomic E-state index is 0.00109. The van der Waals surface area contributed by atoms with Crippen molar-refractivity contribution in [2.75, 3.05) is 19.6 Å². The van der Waals surface area contributed by atoms with E-state index in [9.17, 15) is 18.3 Å². The summed E-state index contributed by atoms with van der Waals surface area (Å²) in [5, 5.41) is 9.52. The molecule has 10 heteroatoms. The number of nitrogens with one attached hydrogen (secondary N) is 1. The molecule has 0 bridgehead atoms. The molecule has 0 saturated carbocycles. The third kappa shape index (κ3) is 3.78. The van der Waals surface area contributed by atoms with E-state index in [1.54, 1.807) is 37.9 Å². The molecule has 2 rings (SSSR count). The molecule has 126 valence electrons. The number of nitrogens with two attached hydrogens (primary N) is 2. The zero-order chi connectivity index (χ0) is 17.3. The van der Waals surface area contributed by atoms with Gasteiger partial charge in [-0.1, -0.05) is 0 Å². The molecule has 3 atom stereocenters. The molecule has 0 aliphatic carbocycles. The zero-order valence-corrected chi connectivity index (χ0v) is 13.7. The number of rotatable bonds is 6. The molecule has 1 saturated heterocycles. The molecule has 0 radical (unpaired) electrons. The van der Waals surface area contributed by atoms with Crippen molar-refractivity contribution in [3.8, 4) is 0 Å². The van der Waals surface area contributed by atoms with Crippen molar-refractivity contribution in [1.29, 1.82) is 0 Å². The Kier molecular flexibility index (Phi) is 5.22. The van der Waals surface area contributed by atoms with Crippen molar-refractivity contribution < 1.29 is 18.3 Å². The van der Waals surface area contributed by atoms with Gasteiger partial charge in [0, 0.05) is 0 Å². The molecular weight excluding hydrogens is 319 g/mol. The Morgan fingerprint density at radius 3 is 2.87 bits per heavy atom. The van der Waals surface area contributed by atoms with E-state index in [1.807, 2.05) is 0 Å². The molecule has 1 aromatic heterocycles. The molecule has 2 heterocycles. The van der Waals surface area contributed by atoms with E-state index in [0.717, 1.165) is 4.31 Å². The first-order valence-electron chi connectivity index (χ1n) is 7.24. The second kappa shape index (κ2) is 6.66. The molecule has 0 spiro atoms. The second-order valence-electron chi connectivity index (χ2n) is 5.93. The summed E-state index contributed by atoms with van der Waals surface area (Å²) in [7, 11) is -3.84. The van der Waals surface area contributed by atoms with Gasteiger partial charge in [0.25, 0.3) is 0 Å². The van der Waals surface area contributed by atoms with Crippen molar-refractivity contribution in [2.45, 2.75) is 24.4 Å². The SMILES string of the molecule is C[C@H](N)CNS(=O)(=O)N1CC(c2cbccc2)C(N)(C(=O)O)C1. The first kappa shape index (κ1) is 18.0. The van der Waals surface area contributed by atoms with E-state index >= 15 is 0 Å². The summed E-state index contributed by atoms with van der Waals surface area (Å²) in [5.41, 5.74) is 10.6. The van der Waals surface area contributed by atoms with Gasteiger partial charge < -0.3 is 0 Å². The van der Waals surface area contributed by atoms with Gasteiger partial charge in [-0.3, -0.25) is 0 Å². The fourth-order valence-electron chi connectivity index (χ4n) is 2.65. The van der Waals surface area contributed by atoms with Crippen molar-refractivity contribution in [1.82, 2.24) is 9.03 Å². The van der Waals surface area contributed by atoms with Gasteiger partial charge in [-0.05, 0) is 0 Å². The van der Waals surface area contributed by atoms with Crippen molar-refractivity contribution in [3.63, 3.8) is 0 Å². The number of carbonyl (C=O) groups is 1. The number of aliphatic carboxylic acids is 1. The summed E-state index contributed by atoms with van der Waals surface area (Å²) in [5.74, 6) is 1.70. The van der Waals surface area contributed by atoms with E-state index in [0.29, 0.717) is 5.56 Å². The minimum atomic E-state index is -3.84. The summed E-state index contributed by atoms with van der Waals surface area (Å²) in [4.78, 5) is 11.7. The molecule has 23 heavy (non-hydrogen) atoms. The molecule has 0 aromatic carbocycles. The van der Waals surface area contributed by atoms with Gasteiger partial charge in [0.05, 0.1) is 0 Å². The van der Waals surface area contributed by atoms with E-state index in [4.69, 9.17) is 11.5 Å². The Hall–Kier alpha value is -1.33. The predicted octanol–water partition coefficient (Wildman–Crippen LogP) is -1.61. The number of hydrogen-bond acceptors (Lipinski definition) is 5. The third-order valence-electron chi connectivity index (χ3n) is 3.97. The summed E-state index contributed by atoms with van der Waals surface area (Å²) < 4.78 is 28.1. The average Bonchev–Trinajstić information content (AvgIpc) is 2.86. The monoisotopic (exact) mass is 340 g/mol. The van der Waals surface area contributed by atoms with Gasteiger partial charge in [-0.25, -0.2) is 0 Å². The fourth-order valence-corrected chi connectivity index (χ4v) is 4.03. The molecule has 2 unspecified atom stereocenters. The first-order chi connectivity index (χ1) is 10.7. The Morgan fingerprint density at radius 1 is 1.65 bits per heavy atom. The quantitative estimate of drug-likeness (QED) is 0.491. The Labute approximate surface area is 136 Å². The van der Waals surface area contributed by atoms with Gasteiger partial charge in [-0.15, -0.1) is 0 Å². The van der Waals surface area contributed by atoms with Gasteiger partial charge in [0.2, 0.25) is 0 Å². The van der Waals surface area contributed by atoms with Gasteiger partial charge in [0.1, 0.15) is 0 Å². The molecular formula is C13H21BN4O4S. The summed E-state index contributed by atoms with van der Waals surface area (Å²) >= 11 is 0. The topological polar surface area (TPSA) is 139 Å². The molecule has 8 nitrogen and oxygen atoms in total. The van der Waals surface area contributed by atoms with Crippen molar-refractivity contribution in [2.24, 2.45) is 11.5 Å². The standard InChI is InChI=1S/C13H21BN4O4S/c1-9(15)6-17-23(21,22)18-7-11(10-3-2-4-14-5-10)13(16,8-18)12(19)20/h2-5,9,11,17H,6-8,15-16H2,1H3,(H,19,20)/t9-,11?,13?/m0/s1. The molecule has 0 amide bonds. The fraction of sp³-hybridized carbons (Fsp3) is 0.538. The van der Waals surface area contributed by atoms with Crippen molar-refractivity contribution >= 4 is 23.1 Å². The van der Waals surface area contributed by atoms with Gasteiger partial charge in [-0.2, -0.15) is 0 Å². The number of carboxylic acids is 1. The van der Waals surface area contributed by atoms with Gasteiger partial charge >= 0.3 is 136 Å². The maximum absolute atomic E-state index is 12.3. The molecule has 1 aromatic rings. The van der Waals surface area contributed by atoms with Crippen LogP contribution in [0.15, 0.2) is 24.1 Å². The van der Waals surface area contributed by atoms with Crippen LogP contribution >= 0.6 is 0 Å². The molecule has 6 N–H and O–H groups in total. The predicted molar refractivity (Wildman–Crippen MR) is 87.2 cm³/mol. The zero-order valence-electron chi connectivity index (χ0n) is 12.8. The van der Waals surface area contributed by atoms with Crippen LogP contribution < -0.4 is 16.2 Å². The van der Waals surface area contributed by atoms with Crippen LogP contribution in [0.1, 0.15) is 18.4 Å². The Bertz CT molecular complexity index is 670. The second-order valence-corrected chi connectivity index (χ2v) is 7.69. The van der Waals surface area contributed by atoms with E-state index < -0.39 is 27.6 Å². The van der Waals surface area contributed by atoms with Crippen LogP contribution in [0.3, 0.4) is 0 Å². The maximum atomic E-state index is 12.3. The normalized spacial score (nSPS) is 26.8. The Balaban J connectivity index is 2.29. The van der Waals surface area contributed by atoms with Crippen LogP contribution in [0.2, 0.25) is 0 Å². The van der Waals surface area contributed by atoms with Crippen LogP contribution in [-0.2, 0) is 15.0 Å². The van der Waals surface area contributed by atoms with E-state index in [2.05, 4.69) is 4.72 Å². The number of hydrogen-bond donors (Lipinski definition) is 4. The summed E-state index contributed by atoms with van der Waals surface area (Å²) in [6.45, 7) is 3.21. The van der Waals surface area contributed by atoms with Crippen LogP contribution in [0, 0.1) is 0 Å². The molecule has 1 aliphatic rings. The third-order valence-corrected chi connectivity index (χ3v) is 5.46. The van der Waals surface area contributed by atoms with E-state index in [1.165, 1.54) is 0 Å². The van der Waals surface area contributed by atoms with Gasteiger partial charge in [0.15, 0.2) is 0 Å². The van der Waals surface area contributed by atoms with Crippen LogP contribution in [-0.4, -0.2) is 61.9 Å². The number of nitrogens with zero attached hydrogens (tertiary/aromatic N) is 1.